The van der Waals surface area contributed by atoms with Crippen molar-refractivity contribution < 1.29 is 22.7 Å². The van der Waals surface area contributed by atoms with Gasteiger partial charge in [0.15, 0.2) is 11.5 Å². The summed E-state index contributed by atoms with van der Waals surface area (Å²) in [5, 5.41) is 11.5. The van der Waals surface area contributed by atoms with Crippen LogP contribution in [0.5, 0.6) is 0 Å². The van der Waals surface area contributed by atoms with E-state index < -0.39 is 21.8 Å². The van der Waals surface area contributed by atoms with Gasteiger partial charge in [0.25, 0.3) is 10.2 Å². The number of ether oxygens (including phenoxy) is 2. The molecule has 4 N–H and O–H groups in total. The molecule has 1 amide bonds. The van der Waals surface area contributed by atoms with Gasteiger partial charge in [-0.3, -0.25) is 9.20 Å². The van der Waals surface area contributed by atoms with Crippen molar-refractivity contribution in [2.24, 2.45) is 5.73 Å². The number of nitrogens with two attached hydrogens (primary N) is 1. The second kappa shape index (κ2) is 11.6. The second-order valence-electron chi connectivity index (χ2n) is 9.35. The number of pyridine rings is 1. The maximum atomic E-state index is 12.8. The lowest BCUT2D eigenvalue weighted by molar-refractivity contribution is -0.126. The number of nitrogens with one attached hydrogen (secondary N) is 2. The number of nitrogens with zero attached hydrogens (tertiary/aromatic N) is 4. The number of hydrogen-bond donors (Lipinski definition) is 3. The van der Waals surface area contributed by atoms with Gasteiger partial charge in [0.2, 0.25) is 5.91 Å². The Kier molecular flexibility index (Phi) is 8.52. The highest BCUT2D eigenvalue weighted by atomic mass is 32.2. The molecule has 1 aliphatic rings. The standard InChI is InChI=1S/C24H33N7O5S/c1-24(2,25)23(32)27-20(17-36-16-18-7-4-3-5-8-18)22-29-28-21-10-6-9-19(31(21)22)15-26-37(33,34)30-11-13-35-14-12-30/h3-10,20,26H,11-17,25H2,1-2H3,(H,27,32)/t20-/m1/s1. The van der Waals surface area contributed by atoms with Crippen LogP contribution in [0, 0.1) is 0 Å². The molecule has 3 heterocycles. The second-order valence-corrected chi connectivity index (χ2v) is 11.1. The van der Waals surface area contributed by atoms with Gasteiger partial charge >= 0.3 is 0 Å². The fraction of sp³-hybridized carbons (Fsp3) is 0.458. The summed E-state index contributed by atoms with van der Waals surface area (Å²) in [7, 11) is -3.71. The Balaban J connectivity index is 1.58. The van der Waals surface area contributed by atoms with E-state index in [9.17, 15) is 13.2 Å². The molecule has 1 fully saturated rings. The SMILES string of the molecule is CC(C)(N)C(=O)N[C@H](COCc1ccccc1)c1nnc2cccc(CNS(=O)(=O)N3CCOCC3)n12. The minimum absolute atomic E-state index is 0.00398. The van der Waals surface area contributed by atoms with Crippen LogP contribution in [0.25, 0.3) is 5.65 Å². The van der Waals surface area contributed by atoms with E-state index in [0.717, 1.165) is 5.56 Å². The number of morpholine rings is 1. The van der Waals surface area contributed by atoms with Crippen molar-refractivity contribution in [2.75, 3.05) is 32.9 Å². The maximum Gasteiger partial charge on any atom is 0.279 e. The molecule has 1 aliphatic heterocycles. The van der Waals surface area contributed by atoms with Gasteiger partial charge in [-0.05, 0) is 31.5 Å². The largest absolute Gasteiger partial charge is 0.379 e. The molecule has 0 spiro atoms. The first-order chi connectivity index (χ1) is 17.6. The lowest BCUT2D eigenvalue weighted by atomic mass is 10.1. The molecule has 0 aliphatic carbocycles. The van der Waals surface area contributed by atoms with Crippen LogP contribution >= 0.6 is 0 Å². The number of carbonyl (C=O) groups excluding carboxylic acids is 1. The quantitative estimate of drug-likeness (QED) is 0.323. The summed E-state index contributed by atoms with van der Waals surface area (Å²) in [6.45, 7) is 4.94. The van der Waals surface area contributed by atoms with Crippen LogP contribution in [0.2, 0.25) is 0 Å². The lowest BCUT2D eigenvalue weighted by Crippen LogP contribution is -2.51. The summed E-state index contributed by atoms with van der Waals surface area (Å²) in [5.74, 6) is 0.0184. The number of amides is 1. The topological polar surface area (TPSA) is 153 Å². The van der Waals surface area contributed by atoms with Crippen LogP contribution in [-0.4, -0.2) is 71.7 Å². The number of rotatable bonds is 11. The summed E-state index contributed by atoms with van der Waals surface area (Å²) in [4.78, 5) is 12.8. The third-order valence-electron chi connectivity index (χ3n) is 5.88. The number of carbonyl (C=O) groups is 1. The van der Waals surface area contributed by atoms with E-state index in [1.165, 1.54) is 4.31 Å². The highest BCUT2D eigenvalue weighted by Gasteiger charge is 2.29. The Hall–Kier alpha value is -2.94. The Morgan fingerprint density at radius 1 is 1.14 bits per heavy atom. The van der Waals surface area contributed by atoms with Crippen molar-refractivity contribution in [1.82, 2.24) is 28.9 Å². The third kappa shape index (κ3) is 6.89. The first-order valence-corrected chi connectivity index (χ1v) is 13.5. The number of fused-ring (bicyclic) bond motifs is 1. The zero-order valence-electron chi connectivity index (χ0n) is 21.0. The van der Waals surface area contributed by atoms with Crippen molar-refractivity contribution in [3.8, 4) is 0 Å². The molecular formula is C24H33N7O5S. The third-order valence-corrected chi connectivity index (χ3v) is 7.43. The minimum Gasteiger partial charge on any atom is -0.379 e. The summed E-state index contributed by atoms with van der Waals surface area (Å²) < 4.78 is 42.5. The van der Waals surface area contributed by atoms with Crippen LogP contribution in [0.1, 0.15) is 37.0 Å². The number of aromatic nitrogens is 3. The summed E-state index contributed by atoms with van der Waals surface area (Å²) in [6, 6.07) is 14.3. The van der Waals surface area contributed by atoms with Crippen LogP contribution in [0.4, 0.5) is 0 Å². The molecule has 1 aromatic carbocycles. The van der Waals surface area contributed by atoms with E-state index >= 15 is 0 Å². The van der Waals surface area contributed by atoms with E-state index in [2.05, 4.69) is 20.2 Å². The van der Waals surface area contributed by atoms with E-state index in [4.69, 9.17) is 15.2 Å². The Bertz CT molecular complexity index is 1300. The maximum absolute atomic E-state index is 12.8. The van der Waals surface area contributed by atoms with Crippen LogP contribution in [-0.2, 0) is 37.6 Å². The molecule has 13 heteroatoms. The Labute approximate surface area is 216 Å². The van der Waals surface area contributed by atoms with Gasteiger partial charge in [-0.25, -0.2) is 0 Å². The highest BCUT2D eigenvalue weighted by Crippen LogP contribution is 2.18. The predicted octanol–water partition coefficient (Wildman–Crippen LogP) is 0.507. The first kappa shape index (κ1) is 27.1. The van der Waals surface area contributed by atoms with Gasteiger partial charge in [0.1, 0.15) is 6.04 Å². The number of hydrogen-bond acceptors (Lipinski definition) is 8. The van der Waals surface area contributed by atoms with E-state index in [-0.39, 0.29) is 19.1 Å². The van der Waals surface area contributed by atoms with Gasteiger partial charge in [-0.1, -0.05) is 36.4 Å². The van der Waals surface area contributed by atoms with Crippen LogP contribution < -0.4 is 15.8 Å². The van der Waals surface area contributed by atoms with Crippen molar-refractivity contribution >= 4 is 21.8 Å². The molecule has 4 rings (SSSR count). The van der Waals surface area contributed by atoms with Gasteiger partial charge in [-0.15, -0.1) is 10.2 Å². The monoisotopic (exact) mass is 531 g/mol. The average molecular weight is 532 g/mol. The Morgan fingerprint density at radius 2 is 1.86 bits per heavy atom. The molecule has 0 saturated carbocycles. The zero-order chi connectivity index (χ0) is 26.5. The smallest absolute Gasteiger partial charge is 0.279 e. The Morgan fingerprint density at radius 3 is 2.57 bits per heavy atom. The first-order valence-electron chi connectivity index (χ1n) is 12.0. The van der Waals surface area contributed by atoms with E-state index in [1.807, 2.05) is 30.3 Å². The molecule has 12 nitrogen and oxygen atoms in total. The van der Waals surface area contributed by atoms with Gasteiger partial charge in [-0.2, -0.15) is 17.4 Å². The molecule has 0 radical (unpaired) electrons. The molecule has 2 aromatic heterocycles. The molecular weight excluding hydrogens is 498 g/mol. The van der Waals surface area contributed by atoms with E-state index in [0.29, 0.717) is 50.1 Å². The van der Waals surface area contributed by atoms with E-state index in [1.54, 1.807) is 36.4 Å². The van der Waals surface area contributed by atoms with Crippen LogP contribution in [0.15, 0.2) is 48.5 Å². The average Bonchev–Trinajstić information content (AvgIpc) is 3.32. The zero-order valence-corrected chi connectivity index (χ0v) is 21.8. The van der Waals surface area contributed by atoms with Crippen molar-refractivity contribution in [1.29, 1.82) is 0 Å². The summed E-state index contributed by atoms with van der Waals surface area (Å²) >= 11 is 0. The molecule has 0 unspecified atom stereocenters. The van der Waals surface area contributed by atoms with Gasteiger partial charge < -0.3 is 20.5 Å². The molecule has 1 atom stereocenters. The summed E-state index contributed by atoms with van der Waals surface area (Å²) in [6.07, 6.45) is 0. The van der Waals surface area contributed by atoms with Crippen molar-refractivity contribution in [2.45, 2.75) is 38.6 Å². The van der Waals surface area contributed by atoms with Gasteiger partial charge in [0.05, 0.1) is 38.5 Å². The molecule has 0 bridgehead atoms. The molecule has 3 aromatic rings. The normalized spacial score (nSPS) is 16.1. The number of benzene rings is 1. The molecule has 37 heavy (non-hydrogen) atoms. The fourth-order valence-electron chi connectivity index (χ4n) is 3.83. The minimum atomic E-state index is -3.71. The van der Waals surface area contributed by atoms with Crippen LogP contribution in [0.3, 0.4) is 0 Å². The fourth-order valence-corrected chi connectivity index (χ4v) is 4.97. The predicted molar refractivity (Wildman–Crippen MR) is 136 cm³/mol. The lowest BCUT2D eigenvalue weighted by Gasteiger charge is -2.26. The molecule has 200 valence electrons. The summed E-state index contributed by atoms with van der Waals surface area (Å²) in [5.41, 5.74) is 6.98. The van der Waals surface area contributed by atoms with Crippen molar-refractivity contribution in [3.63, 3.8) is 0 Å². The molecule has 1 saturated heterocycles. The van der Waals surface area contributed by atoms with Crippen molar-refractivity contribution in [3.05, 3.63) is 65.6 Å². The van der Waals surface area contributed by atoms with Gasteiger partial charge in [0, 0.05) is 18.8 Å². The highest BCUT2D eigenvalue weighted by molar-refractivity contribution is 7.87.